The van der Waals surface area contributed by atoms with E-state index in [1.54, 1.807) is 0 Å². The van der Waals surface area contributed by atoms with Crippen LogP contribution in [0.3, 0.4) is 0 Å². The van der Waals surface area contributed by atoms with E-state index in [0.717, 1.165) is 25.6 Å². The lowest BCUT2D eigenvalue weighted by molar-refractivity contribution is 0.0133. The Balaban J connectivity index is 2.93. The summed E-state index contributed by atoms with van der Waals surface area (Å²) in [5.41, 5.74) is 0. The summed E-state index contributed by atoms with van der Waals surface area (Å²) in [6.07, 6.45) is 10.2. The average molecular weight is 302 g/mol. The van der Waals surface area contributed by atoms with Gasteiger partial charge in [0, 0.05) is 13.2 Å². The maximum Gasteiger partial charge on any atom is 0.0701 e. The van der Waals surface area contributed by atoms with Gasteiger partial charge in [0.05, 0.1) is 26.4 Å². The normalized spacial score (nSPS) is 11.4. The topological polar surface area (TPSA) is 27.7 Å². The van der Waals surface area contributed by atoms with E-state index in [-0.39, 0.29) is 0 Å². The zero-order valence-electron chi connectivity index (χ0n) is 14.7. The summed E-state index contributed by atoms with van der Waals surface area (Å²) in [4.78, 5) is 0. The van der Waals surface area contributed by atoms with E-state index in [2.05, 4.69) is 20.8 Å². The lowest BCUT2D eigenvalue weighted by atomic mass is 10.0. The van der Waals surface area contributed by atoms with Crippen molar-refractivity contribution in [2.75, 3.05) is 39.6 Å². The summed E-state index contributed by atoms with van der Waals surface area (Å²) in [6.45, 7) is 11.3. The first kappa shape index (κ1) is 20.9. The largest absolute Gasteiger partial charge is 0.379 e. The van der Waals surface area contributed by atoms with Crippen molar-refractivity contribution in [3.63, 3.8) is 0 Å². The molecular weight excluding hydrogens is 264 g/mol. The molecule has 0 aromatic rings. The Hall–Kier alpha value is -0.120. The molecule has 0 saturated heterocycles. The van der Waals surface area contributed by atoms with Gasteiger partial charge in [-0.2, -0.15) is 0 Å². The van der Waals surface area contributed by atoms with Crippen LogP contribution >= 0.6 is 0 Å². The molecule has 0 fully saturated rings. The molecule has 0 radical (unpaired) electrons. The molecule has 128 valence electrons. The van der Waals surface area contributed by atoms with Gasteiger partial charge in [0.1, 0.15) is 0 Å². The summed E-state index contributed by atoms with van der Waals surface area (Å²) in [5, 5.41) is 0. The molecule has 0 heterocycles. The van der Waals surface area contributed by atoms with Crippen molar-refractivity contribution in [3.05, 3.63) is 0 Å². The van der Waals surface area contributed by atoms with Crippen molar-refractivity contribution in [2.24, 2.45) is 5.92 Å². The van der Waals surface area contributed by atoms with Crippen molar-refractivity contribution in [2.45, 2.75) is 72.1 Å². The van der Waals surface area contributed by atoms with Crippen LogP contribution in [0.1, 0.15) is 72.1 Å². The second-order valence-corrected chi connectivity index (χ2v) is 6.14. The molecule has 0 aromatic heterocycles. The summed E-state index contributed by atoms with van der Waals surface area (Å²) in [6, 6.07) is 0. The minimum Gasteiger partial charge on any atom is -0.379 e. The zero-order valence-corrected chi connectivity index (χ0v) is 14.7. The first-order valence-corrected chi connectivity index (χ1v) is 9.00. The Labute approximate surface area is 132 Å². The average Bonchev–Trinajstić information content (AvgIpc) is 2.46. The Bertz CT molecular complexity index is 183. The molecular formula is C18H38O3. The van der Waals surface area contributed by atoms with Crippen LogP contribution in [0.2, 0.25) is 0 Å². The van der Waals surface area contributed by atoms with Gasteiger partial charge in [-0.1, -0.05) is 59.3 Å². The SMILES string of the molecule is CCCCCOCCOCCOCCCCCCC(C)C. The third-order valence-electron chi connectivity index (χ3n) is 3.46. The lowest BCUT2D eigenvalue weighted by Crippen LogP contribution is -2.10. The molecule has 21 heavy (non-hydrogen) atoms. The smallest absolute Gasteiger partial charge is 0.0701 e. The maximum absolute atomic E-state index is 5.56. The predicted molar refractivity (Wildman–Crippen MR) is 89.9 cm³/mol. The number of hydrogen-bond acceptors (Lipinski definition) is 3. The van der Waals surface area contributed by atoms with E-state index >= 15 is 0 Å². The van der Waals surface area contributed by atoms with Gasteiger partial charge >= 0.3 is 0 Å². The summed E-state index contributed by atoms with van der Waals surface area (Å²) in [7, 11) is 0. The van der Waals surface area contributed by atoms with E-state index in [0.29, 0.717) is 26.4 Å². The monoisotopic (exact) mass is 302 g/mol. The fourth-order valence-electron chi connectivity index (χ4n) is 2.11. The molecule has 0 amide bonds. The highest BCUT2D eigenvalue weighted by Gasteiger charge is 1.95. The highest BCUT2D eigenvalue weighted by molar-refractivity contribution is 4.47. The van der Waals surface area contributed by atoms with Gasteiger partial charge in [-0.25, -0.2) is 0 Å². The van der Waals surface area contributed by atoms with Gasteiger partial charge < -0.3 is 14.2 Å². The van der Waals surface area contributed by atoms with Crippen LogP contribution in [0.5, 0.6) is 0 Å². The Morgan fingerprint density at radius 1 is 0.571 bits per heavy atom. The molecule has 0 aliphatic rings. The second kappa shape index (κ2) is 17.9. The first-order chi connectivity index (χ1) is 10.3. The zero-order chi connectivity index (χ0) is 15.6. The van der Waals surface area contributed by atoms with E-state index in [9.17, 15) is 0 Å². The van der Waals surface area contributed by atoms with Crippen LogP contribution in [0.4, 0.5) is 0 Å². The van der Waals surface area contributed by atoms with Crippen LogP contribution in [0.15, 0.2) is 0 Å². The molecule has 0 atom stereocenters. The fourth-order valence-corrected chi connectivity index (χ4v) is 2.11. The Morgan fingerprint density at radius 2 is 1.05 bits per heavy atom. The second-order valence-electron chi connectivity index (χ2n) is 6.14. The number of rotatable bonds is 17. The lowest BCUT2D eigenvalue weighted by Gasteiger charge is -2.07. The Morgan fingerprint density at radius 3 is 1.57 bits per heavy atom. The van der Waals surface area contributed by atoms with Gasteiger partial charge in [0.15, 0.2) is 0 Å². The molecule has 0 saturated carbocycles. The number of unbranched alkanes of at least 4 members (excludes halogenated alkanes) is 5. The molecule has 0 rings (SSSR count). The maximum atomic E-state index is 5.56. The molecule has 0 bridgehead atoms. The molecule has 0 aliphatic carbocycles. The standard InChI is InChI=1S/C18H38O3/c1-4-5-9-12-19-14-16-21-17-15-20-13-10-7-6-8-11-18(2)3/h18H,4-17H2,1-3H3. The molecule has 0 aromatic carbocycles. The number of hydrogen-bond donors (Lipinski definition) is 0. The van der Waals surface area contributed by atoms with E-state index < -0.39 is 0 Å². The summed E-state index contributed by atoms with van der Waals surface area (Å²) >= 11 is 0. The fraction of sp³-hybridized carbons (Fsp3) is 1.00. The van der Waals surface area contributed by atoms with E-state index in [1.807, 2.05) is 0 Å². The quantitative estimate of drug-likeness (QED) is 0.360. The van der Waals surface area contributed by atoms with Gasteiger partial charge in [-0.05, 0) is 18.8 Å². The van der Waals surface area contributed by atoms with Crippen LogP contribution in [-0.2, 0) is 14.2 Å². The van der Waals surface area contributed by atoms with Crippen molar-refractivity contribution >= 4 is 0 Å². The van der Waals surface area contributed by atoms with Crippen molar-refractivity contribution in [1.29, 1.82) is 0 Å². The molecule has 0 unspecified atom stereocenters. The van der Waals surface area contributed by atoms with Crippen molar-refractivity contribution in [3.8, 4) is 0 Å². The molecule has 3 heteroatoms. The predicted octanol–water partition coefficient (Wildman–Crippen LogP) is 4.83. The van der Waals surface area contributed by atoms with Gasteiger partial charge in [0.25, 0.3) is 0 Å². The van der Waals surface area contributed by atoms with Crippen LogP contribution in [0, 0.1) is 5.92 Å². The van der Waals surface area contributed by atoms with Gasteiger partial charge in [-0.15, -0.1) is 0 Å². The van der Waals surface area contributed by atoms with E-state index in [1.165, 1.54) is 44.9 Å². The minimum atomic E-state index is 0.685. The van der Waals surface area contributed by atoms with E-state index in [4.69, 9.17) is 14.2 Å². The third kappa shape index (κ3) is 19.9. The van der Waals surface area contributed by atoms with Crippen LogP contribution in [-0.4, -0.2) is 39.6 Å². The number of ether oxygens (including phenoxy) is 3. The van der Waals surface area contributed by atoms with Crippen LogP contribution < -0.4 is 0 Å². The Kier molecular flexibility index (Phi) is 17.8. The molecule has 0 aliphatic heterocycles. The highest BCUT2D eigenvalue weighted by Crippen LogP contribution is 2.09. The third-order valence-corrected chi connectivity index (χ3v) is 3.46. The van der Waals surface area contributed by atoms with Crippen LogP contribution in [0.25, 0.3) is 0 Å². The summed E-state index contributed by atoms with van der Waals surface area (Å²) in [5.74, 6) is 0.842. The molecule has 3 nitrogen and oxygen atoms in total. The van der Waals surface area contributed by atoms with Gasteiger partial charge in [0.2, 0.25) is 0 Å². The molecule has 0 N–H and O–H groups in total. The first-order valence-electron chi connectivity index (χ1n) is 9.00. The molecule has 0 spiro atoms. The minimum absolute atomic E-state index is 0.685. The highest BCUT2D eigenvalue weighted by atomic mass is 16.5. The van der Waals surface area contributed by atoms with Gasteiger partial charge in [-0.3, -0.25) is 0 Å². The van der Waals surface area contributed by atoms with Crippen molar-refractivity contribution in [1.82, 2.24) is 0 Å². The van der Waals surface area contributed by atoms with Crippen molar-refractivity contribution < 1.29 is 14.2 Å². The summed E-state index contributed by atoms with van der Waals surface area (Å²) < 4.78 is 16.5.